The highest BCUT2D eigenvalue weighted by Gasteiger charge is 2.19. The summed E-state index contributed by atoms with van der Waals surface area (Å²) in [5.74, 6) is -0.253. The molecular formula is C20H26ClN3O5. The van der Waals surface area contributed by atoms with Crippen molar-refractivity contribution in [1.29, 1.82) is 0 Å². The second-order valence-electron chi connectivity index (χ2n) is 5.86. The number of ether oxygens (including phenoxy) is 3. The molecule has 9 heteroatoms. The molecule has 0 spiro atoms. The molecular weight excluding hydrogens is 398 g/mol. The molecule has 0 saturated heterocycles. The Morgan fingerprint density at radius 1 is 1.07 bits per heavy atom. The van der Waals surface area contributed by atoms with Crippen molar-refractivity contribution in [2.75, 3.05) is 32.7 Å². The highest BCUT2D eigenvalue weighted by molar-refractivity contribution is 6.05. The Morgan fingerprint density at radius 3 is 2.24 bits per heavy atom. The fraction of sp³-hybridized carbons (Fsp3) is 0.300. The minimum absolute atomic E-state index is 0. The van der Waals surface area contributed by atoms with Gasteiger partial charge in [0.25, 0.3) is 11.8 Å². The van der Waals surface area contributed by atoms with Crippen molar-refractivity contribution in [2.45, 2.75) is 13.5 Å². The van der Waals surface area contributed by atoms with Gasteiger partial charge in [-0.05, 0) is 30.3 Å². The SMILES string of the molecule is CCNCc1ccccc1NC(=O)c1cc(OC)c(OCC(N)=O)c(OC)c1.Cl. The molecule has 0 aliphatic heterocycles. The summed E-state index contributed by atoms with van der Waals surface area (Å²) in [4.78, 5) is 23.8. The number of halogens is 1. The number of carbonyl (C=O) groups excluding carboxylic acids is 2. The number of amides is 2. The van der Waals surface area contributed by atoms with E-state index in [-0.39, 0.29) is 42.2 Å². The summed E-state index contributed by atoms with van der Waals surface area (Å²) >= 11 is 0. The number of anilines is 1. The van der Waals surface area contributed by atoms with E-state index in [2.05, 4.69) is 10.6 Å². The molecule has 29 heavy (non-hydrogen) atoms. The van der Waals surface area contributed by atoms with Crippen LogP contribution in [0.3, 0.4) is 0 Å². The minimum Gasteiger partial charge on any atom is -0.493 e. The Morgan fingerprint density at radius 2 is 1.69 bits per heavy atom. The third kappa shape index (κ3) is 6.55. The molecule has 0 unspecified atom stereocenters. The van der Waals surface area contributed by atoms with Crippen LogP contribution in [0.5, 0.6) is 17.2 Å². The van der Waals surface area contributed by atoms with Crippen molar-refractivity contribution in [2.24, 2.45) is 5.73 Å². The lowest BCUT2D eigenvalue weighted by Crippen LogP contribution is -2.21. The Hall–Kier alpha value is -2.97. The van der Waals surface area contributed by atoms with Gasteiger partial charge in [-0.1, -0.05) is 25.1 Å². The van der Waals surface area contributed by atoms with Gasteiger partial charge in [0, 0.05) is 17.8 Å². The van der Waals surface area contributed by atoms with Gasteiger partial charge in [0.15, 0.2) is 18.1 Å². The lowest BCUT2D eigenvalue weighted by molar-refractivity contribution is -0.120. The quantitative estimate of drug-likeness (QED) is 0.540. The summed E-state index contributed by atoms with van der Waals surface area (Å²) in [6.45, 7) is 3.14. The molecule has 0 radical (unpaired) electrons. The molecule has 2 rings (SSSR count). The van der Waals surface area contributed by atoms with E-state index in [0.29, 0.717) is 17.8 Å². The first-order valence-electron chi connectivity index (χ1n) is 8.77. The Kier molecular flexibility index (Phi) is 9.78. The van der Waals surface area contributed by atoms with Crippen LogP contribution in [-0.4, -0.2) is 39.2 Å². The topological polar surface area (TPSA) is 112 Å². The zero-order chi connectivity index (χ0) is 20.5. The van der Waals surface area contributed by atoms with E-state index in [1.807, 2.05) is 31.2 Å². The average Bonchev–Trinajstić information content (AvgIpc) is 2.70. The van der Waals surface area contributed by atoms with E-state index in [1.54, 1.807) is 0 Å². The maximum atomic E-state index is 12.8. The van der Waals surface area contributed by atoms with Crippen molar-refractivity contribution in [3.63, 3.8) is 0 Å². The molecule has 0 fully saturated rings. The van der Waals surface area contributed by atoms with E-state index >= 15 is 0 Å². The van der Waals surface area contributed by atoms with E-state index in [0.717, 1.165) is 12.1 Å². The highest BCUT2D eigenvalue weighted by atomic mass is 35.5. The number of benzene rings is 2. The second-order valence-corrected chi connectivity index (χ2v) is 5.86. The average molecular weight is 424 g/mol. The fourth-order valence-corrected chi connectivity index (χ4v) is 2.55. The standard InChI is InChI=1S/C20H25N3O5.ClH/c1-4-22-11-13-7-5-6-8-15(13)23-20(25)14-9-16(26-2)19(17(10-14)27-3)28-12-18(21)24;/h5-10,22H,4,11-12H2,1-3H3,(H2,21,24)(H,23,25);1H. The largest absolute Gasteiger partial charge is 0.493 e. The van der Waals surface area contributed by atoms with Crippen LogP contribution >= 0.6 is 12.4 Å². The molecule has 2 aromatic carbocycles. The van der Waals surface area contributed by atoms with Crippen molar-refractivity contribution in [3.8, 4) is 17.2 Å². The van der Waals surface area contributed by atoms with Gasteiger partial charge in [-0.2, -0.15) is 0 Å². The van der Waals surface area contributed by atoms with Crippen molar-refractivity contribution in [1.82, 2.24) is 5.32 Å². The van der Waals surface area contributed by atoms with Gasteiger partial charge in [0.2, 0.25) is 5.75 Å². The van der Waals surface area contributed by atoms with Gasteiger partial charge < -0.3 is 30.6 Å². The first-order valence-corrected chi connectivity index (χ1v) is 8.77. The molecule has 0 saturated carbocycles. The Balaban J connectivity index is 0.00000420. The third-order valence-electron chi connectivity index (χ3n) is 3.91. The Bertz CT molecular complexity index is 820. The highest BCUT2D eigenvalue weighted by Crippen LogP contribution is 2.38. The maximum Gasteiger partial charge on any atom is 0.255 e. The molecule has 2 amide bonds. The number of methoxy groups -OCH3 is 2. The van der Waals surface area contributed by atoms with Crippen LogP contribution in [0.25, 0.3) is 0 Å². The van der Waals surface area contributed by atoms with Gasteiger partial charge in [-0.3, -0.25) is 9.59 Å². The molecule has 0 aliphatic rings. The van der Waals surface area contributed by atoms with Crippen molar-refractivity contribution >= 4 is 29.9 Å². The zero-order valence-corrected chi connectivity index (χ0v) is 17.4. The normalized spacial score (nSPS) is 9.90. The summed E-state index contributed by atoms with van der Waals surface area (Å²) in [6.07, 6.45) is 0. The number of primary amides is 1. The zero-order valence-electron chi connectivity index (χ0n) is 16.6. The molecule has 0 heterocycles. The van der Waals surface area contributed by atoms with Crippen LogP contribution in [0.4, 0.5) is 5.69 Å². The lowest BCUT2D eigenvalue weighted by Gasteiger charge is -2.16. The molecule has 0 aliphatic carbocycles. The molecule has 158 valence electrons. The summed E-state index contributed by atoms with van der Waals surface area (Å²) in [5, 5.41) is 6.14. The van der Waals surface area contributed by atoms with E-state index in [4.69, 9.17) is 19.9 Å². The molecule has 0 aromatic heterocycles. The van der Waals surface area contributed by atoms with Gasteiger partial charge in [0.05, 0.1) is 14.2 Å². The number of hydrogen-bond donors (Lipinski definition) is 3. The summed E-state index contributed by atoms with van der Waals surface area (Å²) < 4.78 is 15.9. The van der Waals surface area contributed by atoms with Gasteiger partial charge >= 0.3 is 0 Å². The van der Waals surface area contributed by atoms with Crippen LogP contribution in [0.15, 0.2) is 36.4 Å². The minimum atomic E-state index is -0.636. The number of para-hydroxylation sites is 1. The number of nitrogens with one attached hydrogen (secondary N) is 2. The van der Waals surface area contributed by atoms with Gasteiger partial charge in [-0.15, -0.1) is 12.4 Å². The van der Waals surface area contributed by atoms with Gasteiger partial charge in [-0.25, -0.2) is 0 Å². The predicted octanol–water partition coefficient (Wildman–Crippen LogP) is 2.35. The first-order chi connectivity index (χ1) is 13.5. The smallest absolute Gasteiger partial charge is 0.255 e. The number of carbonyl (C=O) groups is 2. The molecule has 8 nitrogen and oxygen atoms in total. The molecule has 0 bridgehead atoms. The number of hydrogen-bond acceptors (Lipinski definition) is 6. The van der Waals surface area contributed by atoms with Gasteiger partial charge in [0.1, 0.15) is 0 Å². The fourth-order valence-electron chi connectivity index (χ4n) is 2.55. The Labute approximate surface area is 176 Å². The predicted molar refractivity (Wildman–Crippen MR) is 113 cm³/mol. The summed E-state index contributed by atoms with van der Waals surface area (Å²) in [5.41, 5.74) is 7.12. The van der Waals surface area contributed by atoms with E-state index in [9.17, 15) is 9.59 Å². The molecule has 2 aromatic rings. The van der Waals surface area contributed by atoms with E-state index < -0.39 is 5.91 Å². The molecule has 0 atom stereocenters. The second kappa shape index (κ2) is 11.8. The monoisotopic (exact) mass is 423 g/mol. The summed E-state index contributed by atoms with van der Waals surface area (Å²) in [7, 11) is 2.86. The van der Waals surface area contributed by atoms with E-state index in [1.165, 1.54) is 26.4 Å². The van der Waals surface area contributed by atoms with Crippen molar-refractivity contribution < 1.29 is 23.8 Å². The van der Waals surface area contributed by atoms with Crippen LogP contribution in [-0.2, 0) is 11.3 Å². The number of rotatable bonds is 10. The maximum absolute atomic E-state index is 12.8. The third-order valence-corrected chi connectivity index (χ3v) is 3.91. The van der Waals surface area contributed by atoms with Crippen LogP contribution in [0, 0.1) is 0 Å². The van der Waals surface area contributed by atoms with Crippen LogP contribution < -0.4 is 30.6 Å². The summed E-state index contributed by atoms with van der Waals surface area (Å²) in [6, 6.07) is 10.6. The number of nitrogens with two attached hydrogens (primary N) is 1. The molecule has 4 N–H and O–H groups in total. The first kappa shape index (κ1) is 24.1. The van der Waals surface area contributed by atoms with Crippen LogP contribution in [0.1, 0.15) is 22.8 Å². The van der Waals surface area contributed by atoms with Crippen molar-refractivity contribution in [3.05, 3.63) is 47.5 Å². The van der Waals surface area contributed by atoms with Crippen LogP contribution in [0.2, 0.25) is 0 Å². The lowest BCUT2D eigenvalue weighted by atomic mass is 10.1.